The number of nitrogens with zero attached hydrogens (tertiary/aromatic N) is 6. The third-order valence-electron chi connectivity index (χ3n) is 4.99. The molecule has 3 aromatic heterocycles. The molecule has 1 saturated heterocycles. The number of ether oxygens (including phenoxy) is 1. The fourth-order valence-corrected chi connectivity index (χ4v) is 4.48. The van der Waals surface area contributed by atoms with Gasteiger partial charge in [0.05, 0.1) is 42.5 Å². The molecule has 1 fully saturated rings. The molecular weight excluding hydrogens is 404 g/mol. The van der Waals surface area contributed by atoms with Crippen LogP contribution in [0.3, 0.4) is 0 Å². The minimum absolute atomic E-state index is 0.215. The molecule has 0 radical (unpaired) electrons. The van der Waals surface area contributed by atoms with E-state index in [1.807, 2.05) is 30.3 Å². The van der Waals surface area contributed by atoms with E-state index in [9.17, 15) is 10.1 Å². The average molecular weight is 422 g/mol. The Hall–Kier alpha value is -3.21. The molecule has 0 spiro atoms. The van der Waals surface area contributed by atoms with Gasteiger partial charge in [0.1, 0.15) is 10.7 Å². The zero-order valence-corrected chi connectivity index (χ0v) is 16.8. The van der Waals surface area contributed by atoms with Gasteiger partial charge < -0.3 is 14.9 Å². The number of benzene rings is 1. The van der Waals surface area contributed by atoms with Crippen LogP contribution in [0.1, 0.15) is 5.82 Å². The molecular formula is C20H18N6O3S. The molecule has 0 aliphatic carbocycles. The van der Waals surface area contributed by atoms with Crippen LogP contribution in [-0.2, 0) is 11.3 Å². The van der Waals surface area contributed by atoms with Crippen molar-refractivity contribution in [3.63, 3.8) is 0 Å². The van der Waals surface area contributed by atoms with E-state index in [1.165, 1.54) is 22.1 Å². The topological polar surface area (TPSA) is 99.2 Å². The van der Waals surface area contributed by atoms with E-state index in [2.05, 4.69) is 15.4 Å². The smallest absolute Gasteiger partial charge is 0.379 e. The van der Waals surface area contributed by atoms with Gasteiger partial charge in [0.15, 0.2) is 5.82 Å². The number of fused-ring (bicyclic) bond motifs is 1. The lowest BCUT2D eigenvalue weighted by atomic mass is 10.1. The Morgan fingerprint density at radius 1 is 1.13 bits per heavy atom. The minimum atomic E-state index is -0.505. The van der Waals surface area contributed by atoms with Gasteiger partial charge in [0.2, 0.25) is 0 Å². The second kappa shape index (κ2) is 7.90. The lowest BCUT2D eigenvalue weighted by Gasteiger charge is -2.25. The van der Waals surface area contributed by atoms with Crippen LogP contribution in [0.5, 0.6) is 0 Å². The summed E-state index contributed by atoms with van der Waals surface area (Å²) in [5, 5.41) is 18.2. The van der Waals surface area contributed by atoms with Gasteiger partial charge in [-0.1, -0.05) is 30.3 Å². The fraction of sp³-hybridized carbons (Fsp3) is 0.250. The van der Waals surface area contributed by atoms with Gasteiger partial charge in [-0.15, -0.1) is 16.0 Å². The summed E-state index contributed by atoms with van der Waals surface area (Å²) >= 11 is 1.54. The molecule has 4 aromatic rings. The van der Waals surface area contributed by atoms with Crippen LogP contribution in [0, 0.1) is 10.1 Å². The van der Waals surface area contributed by atoms with Gasteiger partial charge >= 0.3 is 5.82 Å². The van der Waals surface area contributed by atoms with Gasteiger partial charge in [-0.25, -0.2) is 9.97 Å². The Morgan fingerprint density at radius 3 is 2.67 bits per heavy atom. The van der Waals surface area contributed by atoms with E-state index in [-0.39, 0.29) is 5.82 Å². The first-order chi connectivity index (χ1) is 14.7. The number of rotatable bonds is 5. The summed E-state index contributed by atoms with van der Waals surface area (Å²) in [4.78, 5) is 23.3. The van der Waals surface area contributed by atoms with Crippen molar-refractivity contribution >= 4 is 27.4 Å². The second-order valence-corrected chi connectivity index (χ2v) is 7.78. The predicted octanol–water partition coefficient (Wildman–Crippen LogP) is 3.28. The van der Waals surface area contributed by atoms with E-state index in [0.717, 1.165) is 34.4 Å². The highest BCUT2D eigenvalue weighted by atomic mass is 32.1. The Balaban J connectivity index is 1.65. The van der Waals surface area contributed by atoms with Crippen LogP contribution in [0.4, 0.5) is 5.82 Å². The van der Waals surface area contributed by atoms with Crippen molar-refractivity contribution in [1.82, 2.24) is 24.6 Å². The SMILES string of the molecule is O=[N+]([O-])c1ccn(-c2nc(CN3CCOCC3)nc3scc(-c4ccccc4)c23)n1. The van der Waals surface area contributed by atoms with Crippen LogP contribution in [-0.4, -0.2) is 55.9 Å². The number of thiophene rings is 1. The maximum Gasteiger partial charge on any atom is 0.390 e. The van der Waals surface area contributed by atoms with Gasteiger partial charge in [-0.2, -0.15) is 0 Å². The van der Waals surface area contributed by atoms with E-state index in [1.54, 1.807) is 6.20 Å². The fourth-order valence-electron chi connectivity index (χ4n) is 3.52. The van der Waals surface area contributed by atoms with Crippen molar-refractivity contribution in [3.8, 4) is 16.9 Å². The summed E-state index contributed by atoms with van der Waals surface area (Å²) in [5.41, 5.74) is 2.03. The maximum atomic E-state index is 11.2. The first kappa shape index (κ1) is 18.8. The van der Waals surface area contributed by atoms with Crippen LogP contribution in [0.2, 0.25) is 0 Å². The number of hydrogen-bond donors (Lipinski definition) is 0. The number of hydrogen-bond acceptors (Lipinski definition) is 8. The second-order valence-electron chi connectivity index (χ2n) is 6.92. The molecule has 0 unspecified atom stereocenters. The van der Waals surface area contributed by atoms with Crippen LogP contribution in [0.25, 0.3) is 27.2 Å². The first-order valence-corrected chi connectivity index (χ1v) is 10.4. The molecule has 5 rings (SSSR count). The summed E-state index contributed by atoms with van der Waals surface area (Å²) in [6, 6.07) is 11.4. The van der Waals surface area contributed by atoms with Crippen molar-refractivity contribution in [2.24, 2.45) is 0 Å². The van der Waals surface area contributed by atoms with Crippen molar-refractivity contribution in [3.05, 3.63) is 63.9 Å². The largest absolute Gasteiger partial charge is 0.390 e. The number of aromatic nitrogens is 4. The van der Waals surface area contributed by atoms with Gasteiger partial charge in [0.25, 0.3) is 0 Å². The van der Waals surface area contributed by atoms with E-state index in [0.29, 0.717) is 31.4 Å². The summed E-state index contributed by atoms with van der Waals surface area (Å²) in [6.45, 7) is 3.62. The molecule has 0 bridgehead atoms. The summed E-state index contributed by atoms with van der Waals surface area (Å²) in [5.74, 6) is 1.00. The molecule has 1 aliphatic heterocycles. The summed E-state index contributed by atoms with van der Waals surface area (Å²) < 4.78 is 6.90. The first-order valence-electron chi connectivity index (χ1n) is 9.53. The molecule has 0 atom stereocenters. The van der Waals surface area contributed by atoms with E-state index in [4.69, 9.17) is 14.7 Å². The number of morpholine rings is 1. The Morgan fingerprint density at radius 2 is 1.93 bits per heavy atom. The molecule has 10 heteroatoms. The Kier molecular flexibility index (Phi) is 4.95. The van der Waals surface area contributed by atoms with Crippen LogP contribution in [0.15, 0.2) is 48.0 Å². The molecule has 152 valence electrons. The van der Waals surface area contributed by atoms with Crippen LogP contribution >= 0.6 is 11.3 Å². The van der Waals surface area contributed by atoms with Gasteiger partial charge in [-0.05, 0) is 10.5 Å². The maximum absolute atomic E-state index is 11.2. The molecule has 0 N–H and O–H groups in total. The standard InChI is InChI=1S/C20H18N6O3S/c27-26(28)17-6-7-25(23-17)19-18-15(14-4-2-1-3-5-14)13-30-20(18)22-16(21-19)12-24-8-10-29-11-9-24/h1-7,13H,8-12H2. The highest BCUT2D eigenvalue weighted by Gasteiger charge is 2.22. The third kappa shape index (κ3) is 3.56. The molecule has 9 nitrogen and oxygen atoms in total. The van der Waals surface area contributed by atoms with E-state index >= 15 is 0 Å². The summed E-state index contributed by atoms with van der Waals surface area (Å²) in [6.07, 6.45) is 1.57. The highest BCUT2D eigenvalue weighted by molar-refractivity contribution is 7.17. The van der Waals surface area contributed by atoms with Crippen molar-refractivity contribution in [2.75, 3.05) is 26.3 Å². The molecule has 1 aliphatic rings. The summed E-state index contributed by atoms with van der Waals surface area (Å²) in [7, 11) is 0. The van der Waals surface area contributed by atoms with Crippen molar-refractivity contribution < 1.29 is 9.66 Å². The molecule has 4 heterocycles. The van der Waals surface area contributed by atoms with Crippen LogP contribution < -0.4 is 0 Å². The van der Waals surface area contributed by atoms with Crippen molar-refractivity contribution in [2.45, 2.75) is 6.54 Å². The third-order valence-corrected chi connectivity index (χ3v) is 5.87. The predicted molar refractivity (Wildman–Crippen MR) is 113 cm³/mol. The normalized spacial score (nSPS) is 14.9. The quantitative estimate of drug-likeness (QED) is 0.359. The zero-order valence-electron chi connectivity index (χ0n) is 16.0. The average Bonchev–Trinajstić information content (AvgIpc) is 3.42. The number of nitro groups is 1. The monoisotopic (exact) mass is 422 g/mol. The van der Waals surface area contributed by atoms with Gasteiger partial charge in [0, 0.05) is 24.0 Å². The molecule has 1 aromatic carbocycles. The van der Waals surface area contributed by atoms with Gasteiger partial charge in [-0.3, -0.25) is 4.90 Å². The lowest BCUT2D eigenvalue weighted by Crippen LogP contribution is -2.36. The van der Waals surface area contributed by atoms with E-state index < -0.39 is 4.92 Å². The Bertz CT molecular complexity index is 1200. The molecule has 0 saturated carbocycles. The zero-order chi connectivity index (χ0) is 20.5. The minimum Gasteiger partial charge on any atom is -0.379 e. The molecule has 0 amide bonds. The Labute approximate surface area is 175 Å². The van der Waals surface area contributed by atoms with Crippen molar-refractivity contribution in [1.29, 1.82) is 0 Å². The lowest BCUT2D eigenvalue weighted by molar-refractivity contribution is -0.389. The highest BCUT2D eigenvalue weighted by Crippen LogP contribution is 2.36. The molecule has 30 heavy (non-hydrogen) atoms.